The van der Waals surface area contributed by atoms with Gasteiger partial charge in [-0.3, -0.25) is 4.79 Å². The molecule has 0 aromatic carbocycles. The number of H-pyrrole nitrogens is 1. The Hall–Kier alpha value is -2.60. The van der Waals surface area contributed by atoms with Crippen LogP contribution in [0.15, 0.2) is 33.5 Å². The molecule has 27 heavy (non-hydrogen) atoms. The maximum atomic E-state index is 12.4. The Kier molecular flexibility index (Phi) is 4.74. The van der Waals surface area contributed by atoms with Crippen LogP contribution in [0, 0.1) is 6.92 Å². The van der Waals surface area contributed by atoms with E-state index >= 15 is 0 Å². The third-order valence-corrected chi connectivity index (χ3v) is 5.17. The molecule has 4 rings (SSSR count). The van der Waals surface area contributed by atoms with Crippen molar-refractivity contribution < 1.29 is 9.21 Å². The van der Waals surface area contributed by atoms with Gasteiger partial charge in [0.05, 0.1) is 11.8 Å². The first-order valence-corrected chi connectivity index (χ1v) is 9.63. The molecule has 0 saturated heterocycles. The molecule has 2 aromatic rings. The summed E-state index contributed by atoms with van der Waals surface area (Å²) in [7, 11) is 0. The molecule has 2 aliphatic rings. The van der Waals surface area contributed by atoms with E-state index in [4.69, 9.17) is 4.42 Å². The number of aromatic amines is 1. The van der Waals surface area contributed by atoms with Crippen molar-refractivity contribution in [3.8, 4) is 0 Å². The number of aromatic nitrogens is 1. The predicted octanol–water partition coefficient (Wildman–Crippen LogP) is 3.25. The van der Waals surface area contributed by atoms with Crippen molar-refractivity contribution >= 4 is 17.7 Å². The number of nitrogens with one attached hydrogen (secondary N) is 3. The third kappa shape index (κ3) is 3.62. The fourth-order valence-electron chi connectivity index (χ4n) is 3.71. The molecule has 0 unspecified atom stereocenters. The van der Waals surface area contributed by atoms with E-state index in [1.165, 1.54) is 24.0 Å². The summed E-state index contributed by atoms with van der Waals surface area (Å²) in [5, 5.41) is 7.74. The molecule has 0 spiro atoms. The molecule has 1 fully saturated rings. The smallest absolute Gasteiger partial charge is 0.273 e. The largest absolute Gasteiger partial charge is 0.463 e. The lowest BCUT2D eigenvalue weighted by atomic mass is 9.94. The second kappa shape index (κ2) is 7.19. The fraction of sp³-hybridized carbons (Fsp3) is 0.429. The van der Waals surface area contributed by atoms with Crippen LogP contribution in [0.4, 0.5) is 0 Å². The van der Waals surface area contributed by atoms with Gasteiger partial charge in [-0.25, -0.2) is 5.43 Å². The van der Waals surface area contributed by atoms with Crippen LogP contribution in [-0.2, 0) is 11.2 Å². The minimum atomic E-state index is -0.208. The second-order valence-corrected chi connectivity index (χ2v) is 7.63. The average molecular weight is 366 g/mol. The van der Waals surface area contributed by atoms with E-state index in [2.05, 4.69) is 41.6 Å². The second-order valence-electron chi connectivity index (χ2n) is 7.63. The minimum absolute atomic E-state index is 0.208. The maximum Gasteiger partial charge on any atom is 0.273 e. The van der Waals surface area contributed by atoms with Crippen LogP contribution >= 0.6 is 0 Å². The lowest BCUT2D eigenvalue weighted by Crippen LogP contribution is -2.19. The van der Waals surface area contributed by atoms with Crippen molar-refractivity contribution in [1.29, 1.82) is 0 Å². The summed E-state index contributed by atoms with van der Waals surface area (Å²) in [6.45, 7) is 7.48. The molecular weight excluding hydrogens is 340 g/mol. The standard InChI is InChI=1S/C21H26N4O2/c1-12(2)19-15(8-9-22-14-6-7-14)13(3)23-17(19)11-16-20(24-25-21(16)26)18-5-4-10-27-18/h4-5,10-12,14,22-23H,6-9H2,1-3H3,(H,25,26). The van der Waals surface area contributed by atoms with Crippen molar-refractivity contribution in [1.82, 2.24) is 15.7 Å². The van der Waals surface area contributed by atoms with Crippen LogP contribution in [-0.4, -0.2) is 29.2 Å². The number of nitrogens with zero attached hydrogens (tertiary/aromatic N) is 1. The summed E-state index contributed by atoms with van der Waals surface area (Å²) < 4.78 is 5.44. The first kappa shape index (κ1) is 17.8. The lowest BCUT2D eigenvalue weighted by molar-refractivity contribution is -0.116. The Balaban J connectivity index is 1.66. The van der Waals surface area contributed by atoms with E-state index in [0.717, 1.165) is 24.4 Å². The van der Waals surface area contributed by atoms with Gasteiger partial charge in [-0.1, -0.05) is 13.8 Å². The highest BCUT2D eigenvalue weighted by Crippen LogP contribution is 2.30. The number of hydrazone groups is 1. The molecule has 2 aromatic heterocycles. The molecule has 0 radical (unpaired) electrons. The Labute approximate surface area is 159 Å². The summed E-state index contributed by atoms with van der Waals surface area (Å²) in [6.07, 6.45) is 7.07. The van der Waals surface area contributed by atoms with Gasteiger partial charge in [0, 0.05) is 17.4 Å². The van der Waals surface area contributed by atoms with Crippen molar-refractivity contribution in [3.63, 3.8) is 0 Å². The molecule has 1 aliphatic carbocycles. The molecule has 1 saturated carbocycles. The third-order valence-electron chi connectivity index (χ3n) is 5.17. The molecule has 1 amide bonds. The summed E-state index contributed by atoms with van der Waals surface area (Å²) in [4.78, 5) is 15.8. The van der Waals surface area contributed by atoms with Gasteiger partial charge >= 0.3 is 0 Å². The van der Waals surface area contributed by atoms with Gasteiger partial charge in [-0.15, -0.1) is 0 Å². The van der Waals surface area contributed by atoms with Gasteiger partial charge in [0.15, 0.2) is 5.76 Å². The number of furan rings is 1. The highest BCUT2D eigenvalue weighted by atomic mass is 16.3. The quantitative estimate of drug-likeness (QED) is 0.658. The summed E-state index contributed by atoms with van der Waals surface area (Å²) in [5.41, 5.74) is 8.39. The number of amides is 1. The van der Waals surface area contributed by atoms with E-state index in [0.29, 0.717) is 29.0 Å². The molecule has 3 heterocycles. The molecule has 3 N–H and O–H groups in total. The van der Waals surface area contributed by atoms with Gasteiger partial charge < -0.3 is 14.7 Å². The highest BCUT2D eigenvalue weighted by molar-refractivity contribution is 6.32. The predicted molar refractivity (Wildman–Crippen MR) is 106 cm³/mol. The zero-order valence-corrected chi connectivity index (χ0v) is 16.1. The summed E-state index contributed by atoms with van der Waals surface area (Å²) in [6, 6.07) is 4.31. The molecule has 6 nitrogen and oxygen atoms in total. The van der Waals surface area contributed by atoms with Gasteiger partial charge in [0.25, 0.3) is 5.91 Å². The summed E-state index contributed by atoms with van der Waals surface area (Å²) in [5.74, 6) is 0.731. The van der Waals surface area contributed by atoms with Crippen LogP contribution in [0.25, 0.3) is 6.08 Å². The van der Waals surface area contributed by atoms with E-state index < -0.39 is 0 Å². The fourth-order valence-corrected chi connectivity index (χ4v) is 3.71. The number of hydrogen-bond donors (Lipinski definition) is 3. The molecule has 142 valence electrons. The Morgan fingerprint density at radius 3 is 2.89 bits per heavy atom. The zero-order valence-electron chi connectivity index (χ0n) is 16.1. The monoisotopic (exact) mass is 366 g/mol. The Morgan fingerprint density at radius 1 is 1.41 bits per heavy atom. The van der Waals surface area contributed by atoms with E-state index in [1.54, 1.807) is 12.3 Å². The van der Waals surface area contributed by atoms with Crippen molar-refractivity contribution in [2.45, 2.75) is 52.0 Å². The number of aryl methyl sites for hydroxylation is 1. The van der Waals surface area contributed by atoms with Crippen molar-refractivity contribution in [2.24, 2.45) is 5.10 Å². The number of hydrogen-bond acceptors (Lipinski definition) is 4. The van der Waals surface area contributed by atoms with Crippen molar-refractivity contribution in [2.75, 3.05) is 6.54 Å². The minimum Gasteiger partial charge on any atom is -0.463 e. The molecular formula is C21H26N4O2. The van der Waals surface area contributed by atoms with Gasteiger partial charge in [-0.2, -0.15) is 5.10 Å². The van der Waals surface area contributed by atoms with Crippen LogP contribution in [0.3, 0.4) is 0 Å². The van der Waals surface area contributed by atoms with Gasteiger partial charge in [0.2, 0.25) is 0 Å². The SMILES string of the molecule is Cc1[nH]c(C=C2C(=O)NN=C2c2ccco2)c(C(C)C)c1CCNC1CC1. The first-order chi connectivity index (χ1) is 13.0. The average Bonchev–Trinajstić information content (AvgIpc) is 3.01. The maximum absolute atomic E-state index is 12.4. The zero-order chi connectivity index (χ0) is 19.0. The highest BCUT2D eigenvalue weighted by Gasteiger charge is 2.27. The summed E-state index contributed by atoms with van der Waals surface area (Å²) >= 11 is 0. The first-order valence-electron chi connectivity index (χ1n) is 9.63. The Morgan fingerprint density at radius 2 is 2.22 bits per heavy atom. The van der Waals surface area contributed by atoms with Crippen LogP contribution < -0.4 is 10.7 Å². The normalized spacial score (nSPS) is 18.4. The van der Waals surface area contributed by atoms with Crippen LogP contribution in [0.5, 0.6) is 0 Å². The van der Waals surface area contributed by atoms with Crippen molar-refractivity contribution in [3.05, 3.63) is 52.2 Å². The van der Waals surface area contributed by atoms with Crippen LogP contribution in [0.1, 0.15) is 60.9 Å². The number of carbonyl (C=O) groups is 1. The van der Waals surface area contributed by atoms with Gasteiger partial charge in [0.1, 0.15) is 5.71 Å². The topological polar surface area (TPSA) is 82.4 Å². The van der Waals surface area contributed by atoms with Gasteiger partial charge in [-0.05, 0) is 68.0 Å². The van der Waals surface area contributed by atoms with E-state index in [9.17, 15) is 4.79 Å². The number of carbonyl (C=O) groups excluding carboxylic acids is 1. The Bertz CT molecular complexity index is 899. The van der Waals surface area contributed by atoms with E-state index in [1.807, 2.05) is 12.1 Å². The molecule has 6 heteroatoms. The number of rotatable bonds is 7. The molecule has 0 atom stereocenters. The molecule has 1 aliphatic heterocycles. The molecule has 0 bridgehead atoms. The van der Waals surface area contributed by atoms with Crippen LogP contribution in [0.2, 0.25) is 0 Å². The van der Waals surface area contributed by atoms with E-state index in [-0.39, 0.29) is 5.91 Å². The lowest BCUT2D eigenvalue weighted by Gasteiger charge is -2.11.